The molecular formula is C12H20O2. The minimum atomic E-state index is -0.275. The van der Waals surface area contributed by atoms with E-state index in [1.807, 2.05) is 39.0 Å². The molecule has 0 N–H and O–H groups in total. The molecule has 1 aromatic rings. The summed E-state index contributed by atoms with van der Waals surface area (Å²) in [6.45, 7) is 5.88. The van der Waals surface area contributed by atoms with Crippen LogP contribution in [0.4, 0.5) is 0 Å². The molecule has 0 heterocycles. The maximum atomic E-state index is 11.0. The average Bonchev–Trinajstić information content (AvgIpc) is 2.20. The number of methoxy groups -OCH3 is 1. The Morgan fingerprint density at radius 2 is 1.71 bits per heavy atom. The monoisotopic (exact) mass is 196 g/mol. The first-order valence-corrected chi connectivity index (χ1v) is 4.39. The minimum Gasteiger partial charge on any atom is -0.465 e. The van der Waals surface area contributed by atoms with Crippen LogP contribution in [0.25, 0.3) is 0 Å². The zero-order valence-electron chi connectivity index (χ0n) is 8.63. The van der Waals surface area contributed by atoms with Gasteiger partial charge in [0.2, 0.25) is 0 Å². The summed E-state index contributed by atoms with van der Waals surface area (Å²) in [5, 5.41) is 0. The molecule has 0 aromatic heterocycles. The second kappa shape index (κ2) is 8.30. The number of rotatable bonds is 1. The van der Waals surface area contributed by atoms with Crippen molar-refractivity contribution in [3.63, 3.8) is 0 Å². The molecule has 0 radical (unpaired) electrons. The number of aryl methyl sites for hydroxylation is 1. The molecule has 2 heteroatoms. The van der Waals surface area contributed by atoms with Gasteiger partial charge in [0.1, 0.15) is 0 Å². The van der Waals surface area contributed by atoms with E-state index in [-0.39, 0.29) is 13.4 Å². The summed E-state index contributed by atoms with van der Waals surface area (Å²) in [6.07, 6.45) is 0. The average molecular weight is 196 g/mol. The van der Waals surface area contributed by atoms with Crippen LogP contribution in [0.5, 0.6) is 0 Å². The number of hydrogen-bond acceptors (Lipinski definition) is 2. The molecular weight excluding hydrogens is 176 g/mol. The van der Waals surface area contributed by atoms with Gasteiger partial charge in [0, 0.05) is 0 Å². The van der Waals surface area contributed by atoms with Gasteiger partial charge in [-0.2, -0.15) is 0 Å². The van der Waals surface area contributed by atoms with Gasteiger partial charge in [-0.15, -0.1) is 0 Å². The molecule has 0 saturated carbocycles. The van der Waals surface area contributed by atoms with Crippen LogP contribution in [0.15, 0.2) is 24.3 Å². The SMILES string of the molecule is C.CC.COC(=O)c1ccccc1C. The molecule has 1 aromatic carbocycles. The highest BCUT2D eigenvalue weighted by Crippen LogP contribution is 2.07. The van der Waals surface area contributed by atoms with Gasteiger partial charge in [-0.3, -0.25) is 0 Å². The molecule has 0 bridgehead atoms. The zero-order valence-corrected chi connectivity index (χ0v) is 8.63. The van der Waals surface area contributed by atoms with Crippen molar-refractivity contribution in [2.45, 2.75) is 28.2 Å². The van der Waals surface area contributed by atoms with E-state index in [1.54, 1.807) is 6.07 Å². The Morgan fingerprint density at radius 3 is 2.14 bits per heavy atom. The van der Waals surface area contributed by atoms with Crippen molar-refractivity contribution in [1.82, 2.24) is 0 Å². The molecule has 0 unspecified atom stereocenters. The van der Waals surface area contributed by atoms with E-state index < -0.39 is 0 Å². The van der Waals surface area contributed by atoms with E-state index in [4.69, 9.17) is 0 Å². The highest BCUT2D eigenvalue weighted by Gasteiger charge is 2.05. The second-order valence-electron chi connectivity index (χ2n) is 2.31. The lowest BCUT2D eigenvalue weighted by Gasteiger charge is -2.00. The van der Waals surface area contributed by atoms with Gasteiger partial charge in [0.05, 0.1) is 12.7 Å². The van der Waals surface area contributed by atoms with Crippen molar-refractivity contribution < 1.29 is 9.53 Å². The van der Waals surface area contributed by atoms with Crippen LogP contribution in [0.3, 0.4) is 0 Å². The van der Waals surface area contributed by atoms with Crippen molar-refractivity contribution in [3.05, 3.63) is 35.4 Å². The van der Waals surface area contributed by atoms with Crippen molar-refractivity contribution in [2.24, 2.45) is 0 Å². The van der Waals surface area contributed by atoms with Crippen LogP contribution < -0.4 is 0 Å². The number of carbonyl (C=O) groups excluding carboxylic acids is 1. The number of ether oxygens (including phenoxy) is 1. The van der Waals surface area contributed by atoms with Gasteiger partial charge in [0.25, 0.3) is 0 Å². The molecule has 80 valence electrons. The fourth-order valence-electron chi connectivity index (χ4n) is 0.912. The molecule has 14 heavy (non-hydrogen) atoms. The van der Waals surface area contributed by atoms with Gasteiger partial charge in [-0.25, -0.2) is 4.79 Å². The first kappa shape index (κ1) is 15.2. The van der Waals surface area contributed by atoms with E-state index in [1.165, 1.54) is 7.11 Å². The molecule has 0 atom stereocenters. The number of benzene rings is 1. The van der Waals surface area contributed by atoms with Crippen LogP contribution in [0.2, 0.25) is 0 Å². The van der Waals surface area contributed by atoms with Crippen LogP contribution in [0.1, 0.15) is 37.2 Å². The molecule has 0 aliphatic carbocycles. The highest BCUT2D eigenvalue weighted by molar-refractivity contribution is 5.90. The normalized spacial score (nSPS) is 7.71. The maximum Gasteiger partial charge on any atom is 0.338 e. The standard InChI is InChI=1S/C9H10O2.C2H6.CH4/c1-7-5-3-4-6-8(7)9(10)11-2;1-2;/h3-6H,1-2H3;1-2H3;1H4. The fourth-order valence-corrected chi connectivity index (χ4v) is 0.912. The second-order valence-corrected chi connectivity index (χ2v) is 2.31. The summed E-state index contributed by atoms with van der Waals surface area (Å²) in [5.41, 5.74) is 1.58. The third-order valence-electron chi connectivity index (χ3n) is 1.55. The molecule has 2 nitrogen and oxygen atoms in total. The highest BCUT2D eigenvalue weighted by atomic mass is 16.5. The van der Waals surface area contributed by atoms with Crippen molar-refractivity contribution in [3.8, 4) is 0 Å². The van der Waals surface area contributed by atoms with Gasteiger partial charge >= 0.3 is 5.97 Å². The molecule has 0 amide bonds. The molecule has 0 saturated heterocycles. The zero-order chi connectivity index (χ0) is 10.3. The molecule has 0 aliphatic heterocycles. The maximum absolute atomic E-state index is 11.0. The van der Waals surface area contributed by atoms with Crippen LogP contribution in [0, 0.1) is 6.92 Å². The minimum absolute atomic E-state index is 0. The lowest BCUT2D eigenvalue weighted by Crippen LogP contribution is -2.02. The molecule has 0 spiro atoms. The summed E-state index contributed by atoms with van der Waals surface area (Å²) < 4.78 is 4.58. The van der Waals surface area contributed by atoms with Gasteiger partial charge in [-0.05, 0) is 18.6 Å². The molecule has 1 rings (SSSR count). The number of esters is 1. The Kier molecular flexibility index (Phi) is 8.99. The summed E-state index contributed by atoms with van der Waals surface area (Å²) in [7, 11) is 1.38. The third-order valence-corrected chi connectivity index (χ3v) is 1.55. The summed E-state index contributed by atoms with van der Waals surface area (Å²) in [5.74, 6) is -0.275. The summed E-state index contributed by atoms with van der Waals surface area (Å²) >= 11 is 0. The van der Waals surface area contributed by atoms with E-state index in [0.29, 0.717) is 5.56 Å². The Balaban J connectivity index is 0. The largest absolute Gasteiger partial charge is 0.465 e. The Bertz CT molecular complexity index is 267. The lowest BCUT2D eigenvalue weighted by atomic mass is 10.1. The summed E-state index contributed by atoms with van der Waals surface area (Å²) in [6, 6.07) is 7.34. The van der Waals surface area contributed by atoms with E-state index >= 15 is 0 Å². The number of carbonyl (C=O) groups is 1. The predicted octanol–water partition coefficient (Wildman–Crippen LogP) is 3.44. The van der Waals surface area contributed by atoms with Gasteiger partial charge in [-0.1, -0.05) is 39.5 Å². The first-order valence-electron chi connectivity index (χ1n) is 4.39. The third kappa shape index (κ3) is 4.08. The Morgan fingerprint density at radius 1 is 1.21 bits per heavy atom. The smallest absolute Gasteiger partial charge is 0.338 e. The molecule has 0 fully saturated rings. The van der Waals surface area contributed by atoms with E-state index in [9.17, 15) is 4.79 Å². The van der Waals surface area contributed by atoms with E-state index in [0.717, 1.165) is 5.56 Å². The van der Waals surface area contributed by atoms with Crippen LogP contribution >= 0.6 is 0 Å². The predicted molar refractivity (Wildman–Crippen MR) is 60.6 cm³/mol. The summed E-state index contributed by atoms with van der Waals surface area (Å²) in [4.78, 5) is 11.0. The van der Waals surface area contributed by atoms with Gasteiger partial charge in [0.15, 0.2) is 0 Å². The fraction of sp³-hybridized carbons (Fsp3) is 0.417. The van der Waals surface area contributed by atoms with Crippen molar-refractivity contribution >= 4 is 5.97 Å². The Hall–Kier alpha value is -1.31. The quantitative estimate of drug-likeness (QED) is 0.643. The van der Waals surface area contributed by atoms with Crippen LogP contribution in [-0.4, -0.2) is 13.1 Å². The van der Waals surface area contributed by atoms with Crippen molar-refractivity contribution in [2.75, 3.05) is 7.11 Å². The lowest BCUT2D eigenvalue weighted by molar-refractivity contribution is 0.0600. The van der Waals surface area contributed by atoms with Crippen molar-refractivity contribution in [1.29, 1.82) is 0 Å². The van der Waals surface area contributed by atoms with Gasteiger partial charge < -0.3 is 4.74 Å². The first-order chi connectivity index (χ1) is 6.25. The number of hydrogen-bond donors (Lipinski definition) is 0. The topological polar surface area (TPSA) is 26.3 Å². The molecule has 0 aliphatic rings. The Labute approximate surface area is 86.9 Å². The van der Waals surface area contributed by atoms with E-state index in [2.05, 4.69) is 4.74 Å². The van der Waals surface area contributed by atoms with Crippen LogP contribution in [-0.2, 0) is 4.74 Å².